The fourth-order valence-electron chi connectivity index (χ4n) is 2.12. The number of pyridine rings is 1. The minimum Gasteiger partial charge on any atom is -0.380 e. The second kappa shape index (κ2) is 5.65. The SMILES string of the molecule is COC1CNC(c2nc(-c3ncc(Cl)cc3Cl)no2)C1. The number of nitrogens with zero attached hydrogens (tertiary/aromatic N) is 3. The number of halogens is 2. The van der Waals surface area contributed by atoms with Crippen LogP contribution in [0.4, 0.5) is 0 Å². The van der Waals surface area contributed by atoms with E-state index in [2.05, 4.69) is 20.4 Å². The standard InChI is InChI=1S/C12H12Cl2N4O2/c1-19-7-3-9(15-5-7)12-17-11(18-20-12)10-8(14)2-6(13)4-16-10/h2,4,7,9,15H,3,5H2,1H3. The Kier molecular flexibility index (Phi) is 3.89. The molecule has 6 nitrogen and oxygen atoms in total. The summed E-state index contributed by atoms with van der Waals surface area (Å²) in [6.07, 6.45) is 2.45. The molecule has 2 atom stereocenters. The highest BCUT2D eigenvalue weighted by atomic mass is 35.5. The number of aromatic nitrogens is 3. The van der Waals surface area contributed by atoms with Crippen molar-refractivity contribution in [2.45, 2.75) is 18.6 Å². The van der Waals surface area contributed by atoms with Crippen LogP contribution in [-0.4, -0.2) is 34.9 Å². The number of nitrogens with one attached hydrogen (secondary N) is 1. The lowest BCUT2D eigenvalue weighted by atomic mass is 10.2. The molecular formula is C12H12Cl2N4O2. The fraction of sp³-hybridized carbons (Fsp3) is 0.417. The van der Waals surface area contributed by atoms with E-state index in [0.29, 0.717) is 27.5 Å². The molecule has 0 radical (unpaired) electrons. The van der Waals surface area contributed by atoms with Gasteiger partial charge >= 0.3 is 0 Å². The predicted molar refractivity (Wildman–Crippen MR) is 73.7 cm³/mol. The van der Waals surface area contributed by atoms with Crippen LogP contribution in [0.25, 0.3) is 11.5 Å². The Bertz CT molecular complexity index is 619. The monoisotopic (exact) mass is 314 g/mol. The molecule has 1 fully saturated rings. The Labute approximate surface area is 125 Å². The Balaban J connectivity index is 1.83. The molecule has 20 heavy (non-hydrogen) atoms. The van der Waals surface area contributed by atoms with Gasteiger partial charge in [-0.15, -0.1) is 0 Å². The van der Waals surface area contributed by atoms with Crippen LogP contribution in [0.1, 0.15) is 18.4 Å². The van der Waals surface area contributed by atoms with E-state index in [1.165, 1.54) is 6.20 Å². The minimum atomic E-state index is -0.00715. The molecule has 8 heteroatoms. The summed E-state index contributed by atoms with van der Waals surface area (Å²) in [5.74, 6) is 0.858. The smallest absolute Gasteiger partial charge is 0.244 e. The van der Waals surface area contributed by atoms with Crippen LogP contribution in [0.5, 0.6) is 0 Å². The van der Waals surface area contributed by atoms with Gasteiger partial charge in [0.15, 0.2) is 0 Å². The summed E-state index contributed by atoms with van der Waals surface area (Å²) in [4.78, 5) is 8.46. The average Bonchev–Trinajstić information content (AvgIpc) is 3.07. The maximum absolute atomic E-state index is 6.07. The summed E-state index contributed by atoms with van der Waals surface area (Å²) < 4.78 is 10.6. The molecule has 2 aromatic heterocycles. The van der Waals surface area contributed by atoms with E-state index >= 15 is 0 Å². The van der Waals surface area contributed by atoms with Crippen LogP contribution >= 0.6 is 23.2 Å². The van der Waals surface area contributed by atoms with Crippen LogP contribution in [0.15, 0.2) is 16.8 Å². The van der Waals surface area contributed by atoms with E-state index in [-0.39, 0.29) is 12.1 Å². The fourth-order valence-corrected chi connectivity index (χ4v) is 2.59. The summed E-state index contributed by atoms with van der Waals surface area (Å²) >= 11 is 11.9. The summed E-state index contributed by atoms with van der Waals surface area (Å²) in [6, 6.07) is 1.59. The van der Waals surface area contributed by atoms with Crippen LogP contribution in [-0.2, 0) is 4.74 Å². The first kappa shape index (κ1) is 13.8. The Morgan fingerprint density at radius 3 is 3.00 bits per heavy atom. The van der Waals surface area contributed by atoms with Crippen molar-refractivity contribution >= 4 is 23.2 Å². The van der Waals surface area contributed by atoms with E-state index in [4.69, 9.17) is 32.5 Å². The zero-order valence-corrected chi connectivity index (χ0v) is 12.1. The second-order valence-electron chi connectivity index (χ2n) is 4.49. The molecule has 3 rings (SSSR count). The van der Waals surface area contributed by atoms with E-state index in [1.54, 1.807) is 13.2 Å². The highest BCUT2D eigenvalue weighted by Crippen LogP contribution is 2.28. The molecule has 2 aromatic rings. The molecule has 0 bridgehead atoms. The van der Waals surface area contributed by atoms with Gasteiger partial charge in [-0.25, -0.2) is 4.98 Å². The van der Waals surface area contributed by atoms with Gasteiger partial charge in [-0.3, -0.25) is 0 Å². The van der Waals surface area contributed by atoms with Crippen molar-refractivity contribution in [2.75, 3.05) is 13.7 Å². The van der Waals surface area contributed by atoms with Crippen LogP contribution in [0.3, 0.4) is 0 Å². The number of hydrogen-bond acceptors (Lipinski definition) is 6. The lowest BCUT2D eigenvalue weighted by Gasteiger charge is -2.04. The zero-order chi connectivity index (χ0) is 14.1. The molecule has 1 saturated heterocycles. The van der Waals surface area contributed by atoms with E-state index in [1.807, 2.05) is 0 Å². The molecule has 3 heterocycles. The predicted octanol–water partition coefficient (Wildman–Crippen LogP) is 2.49. The Hall–Kier alpha value is -1.21. The van der Waals surface area contributed by atoms with Crippen molar-refractivity contribution in [3.8, 4) is 11.5 Å². The summed E-state index contributed by atoms with van der Waals surface area (Å²) in [7, 11) is 1.69. The minimum absolute atomic E-state index is 0.00715. The zero-order valence-electron chi connectivity index (χ0n) is 10.6. The quantitative estimate of drug-likeness (QED) is 0.938. The summed E-state index contributed by atoms with van der Waals surface area (Å²) in [5.41, 5.74) is 0.451. The molecule has 0 saturated carbocycles. The number of methoxy groups -OCH3 is 1. The summed E-state index contributed by atoms with van der Waals surface area (Å²) in [5, 5.41) is 8.03. The first-order valence-corrected chi connectivity index (χ1v) is 6.84. The highest BCUT2D eigenvalue weighted by Gasteiger charge is 2.29. The lowest BCUT2D eigenvalue weighted by molar-refractivity contribution is 0.116. The number of ether oxygens (including phenoxy) is 1. The maximum Gasteiger partial charge on any atom is 0.244 e. The van der Waals surface area contributed by atoms with E-state index < -0.39 is 0 Å². The van der Waals surface area contributed by atoms with Crippen LogP contribution in [0, 0.1) is 0 Å². The van der Waals surface area contributed by atoms with Crippen LogP contribution in [0.2, 0.25) is 10.0 Å². The van der Waals surface area contributed by atoms with Gasteiger partial charge in [0.1, 0.15) is 5.69 Å². The largest absolute Gasteiger partial charge is 0.380 e. The van der Waals surface area contributed by atoms with Gasteiger partial charge in [0.25, 0.3) is 0 Å². The van der Waals surface area contributed by atoms with E-state index in [0.717, 1.165) is 13.0 Å². The first-order valence-electron chi connectivity index (χ1n) is 6.08. The van der Waals surface area contributed by atoms with Crippen molar-refractivity contribution in [1.82, 2.24) is 20.4 Å². The molecule has 1 N–H and O–H groups in total. The van der Waals surface area contributed by atoms with Crippen molar-refractivity contribution in [3.05, 3.63) is 28.2 Å². The van der Waals surface area contributed by atoms with Gasteiger partial charge in [0.2, 0.25) is 11.7 Å². The van der Waals surface area contributed by atoms with Gasteiger partial charge in [-0.05, 0) is 12.5 Å². The van der Waals surface area contributed by atoms with Gasteiger partial charge in [0.05, 0.1) is 22.2 Å². The maximum atomic E-state index is 6.07. The number of hydrogen-bond donors (Lipinski definition) is 1. The molecule has 106 valence electrons. The van der Waals surface area contributed by atoms with Gasteiger partial charge in [-0.2, -0.15) is 4.98 Å². The third kappa shape index (κ3) is 2.64. The normalized spacial score (nSPS) is 22.4. The highest BCUT2D eigenvalue weighted by molar-refractivity contribution is 6.35. The van der Waals surface area contributed by atoms with Crippen molar-refractivity contribution in [3.63, 3.8) is 0 Å². The molecule has 0 aliphatic carbocycles. The molecular weight excluding hydrogens is 303 g/mol. The van der Waals surface area contributed by atoms with Gasteiger partial charge in [-0.1, -0.05) is 28.4 Å². The summed E-state index contributed by atoms with van der Waals surface area (Å²) in [6.45, 7) is 0.763. The third-order valence-corrected chi connectivity index (χ3v) is 3.68. The Morgan fingerprint density at radius 2 is 2.30 bits per heavy atom. The molecule has 1 aliphatic rings. The number of rotatable bonds is 3. The molecule has 1 aliphatic heterocycles. The lowest BCUT2D eigenvalue weighted by Crippen LogP contribution is -2.16. The van der Waals surface area contributed by atoms with Crippen molar-refractivity contribution in [2.24, 2.45) is 0 Å². The van der Waals surface area contributed by atoms with Gasteiger partial charge < -0.3 is 14.6 Å². The van der Waals surface area contributed by atoms with Gasteiger partial charge in [0, 0.05) is 19.9 Å². The Morgan fingerprint density at radius 1 is 1.45 bits per heavy atom. The molecule has 0 amide bonds. The average molecular weight is 315 g/mol. The molecule has 2 unspecified atom stereocenters. The molecule has 0 aromatic carbocycles. The topological polar surface area (TPSA) is 73.1 Å². The second-order valence-corrected chi connectivity index (χ2v) is 5.34. The van der Waals surface area contributed by atoms with Crippen molar-refractivity contribution in [1.29, 1.82) is 0 Å². The van der Waals surface area contributed by atoms with Crippen molar-refractivity contribution < 1.29 is 9.26 Å². The molecule has 0 spiro atoms. The van der Waals surface area contributed by atoms with Crippen LogP contribution < -0.4 is 5.32 Å². The first-order chi connectivity index (χ1) is 9.67. The van der Waals surface area contributed by atoms with E-state index in [9.17, 15) is 0 Å². The third-order valence-electron chi connectivity index (χ3n) is 3.18.